The smallest absolute Gasteiger partial charge is 0.0780 e. The first-order chi connectivity index (χ1) is 7.36. The van der Waals surface area contributed by atoms with Gasteiger partial charge in [0.05, 0.1) is 11.3 Å². The van der Waals surface area contributed by atoms with Crippen LogP contribution in [0.3, 0.4) is 0 Å². The molecule has 0 aliphatic rings. The molecule has 1 rings (SSSR count). The van der Waals surface area contributed by atoms with E-state index in [4.69, 9.17) is 10.5 Å². The van der Waals surface area contributed by atoms with Crippen LogP contribution in [-0.4, -0.2) is 28.0 Å². The normalized spacial score (nSPS) is 14.1. The maximum absolute atomic E-state index is 6.18. The fraction of sp³-hybridized carbons (Fsp3) is 0.750. The summed E-state index contributed by atoms with van der Waals surface area (Å²) in [7, 11) is 1.95. The summed E-state index contributed by atoms with van der Waals surface area (Å²) in [5, 5.41) is 4.31. The summed E-state index contributed by atoms with van der Waals surface area (Å²) in [6.45, 7) is 8.73. The van der Waals surface area contributed by atoms with E-state index in [-0.39, 0.29) is 11.6 Å². The largest absolute Gasteiger partial charge is 0.374 e. The van der Waals surface area contributed by atoms with E-state index in [2.05, 4.69) is 11.2 Å². The summed E-state index contributed by atoms with van der Waals surface area (Å²) in [5.74, 6) is 0. The molecule has 0 fully saturated rings. The quantitative estimate of drug-likeness (QED) is 0.824. The van der Waals surface area contributed by atoms with Crippen molar-refractivity contribution in [3.63, 3.8) is 0 Å². The lowest BCUT2D eigenvalue weighted by molar-refractivity contribution is -0.0291. The van der Waals surface area contributed by atoms with Gasteiger partial charge in [-0.2, -0.15) is 5.10 Å². The molecule has 0 aliphatic carbocycles. The van der Waals surface area contributed by atoms with Crippen LogP contribution < -0.4 is 5.73 Å². The molecule has 0 saturated heterocycles. The molecule has 1 aromatic heterocycles. The predicted molar refractivity (Wildman–Crippen MR) is 65.3 cm³/mol. The zero-order valence-electron chi connectivity index (χ0n) is 10.9. The molecule has 1 aromatic rings. The van der Waals surface area contributed by atoms with Crippen molar-refractivity contribution >= 4 is 0 Å². The van der Waals surface area contributed by atoms with Crippen LogP contribution in [0, 0.1) is 6.92 Å². The molecule has 0 aliphatic heterocycles. The highest BCUT2D eigenvalue weighted by Gasteiger charge is 2.27. The average molecular weight is 225 g/mol. The molecule has 0 radical (unpaired) electrons. The second-order valence-electron chi connectivity index (χ2n) is 4.75. The van der Waals surface area contributed by atoms with E-state index in [1.54, 1.807) is 0 Å². The molecule has 4 heteroatoms. The summed E-state index contributed by atoms with van der Waals surface area (Å²) < 4.78 is 7.54. The lowest BCUT2D eigenvalue weighted by Gasteiger charge is -2.31. The van der Waals surface area contributed by atoms with E-state index >= 15 is 0 Å². The van der Waals surface area contributed by atoms with E-state index in [1.807, 2.05) is 39.4 Å². The zero-order chi connectivity index (χ0) is 12.3. The molecule has 2 N–H and O–H groups in total. The third kappa shape index (κ3) is 3.06. The minimum Gasteiger partial charge on any atom is -0.374 e. The highest BCUT2D eigenvalue weighted by molar-refractivity contribution is 5.11. The van der Waals surface area contributed by atoms with Gasteiger partial charge in [-0.1, -0.05) is 0 Å². The van der Waals surface area contributed by atoms with E-state index in [0.29, 0.717) is 6.61 Å². The average Bonchev–Trinajstić information content (AvgIpc) is 2.45. The second kappa shape index (κ2) is 4.97. The molecule has 1 heterocycles. The van der Waals surface area contributed by atoms with Crippen LogP contribution in [-0.2, 0) is 18.2 Å². The highest BCUT2D eigenvalue weighted by atomic mass is 16.5. The number of aryl methyl sites for hydroxylation is 2. The fourth-order valence-corrected chi connectivity index (χ4v) is 1.81. The number of rotatable bonds is 5. The highest BCUT2D eigenvalue weighted by Crippen LogP contribution is 2.17. The topological polar surface area (TPSA) is 53.1 Å². The standard InChI is InChI=1S/C12H23N3O/c1-6-16-12(3,4)11(13)8-10-7-9(2)14-15(10)5/h7,11H,6,8,13H2,1-5H3. The molecule has 0 bridgehead atoms. The van der Waals surface area contributed by atoms with Gasteiger partial charge in [0, 0.05) is 31.8 Å². The van der Waals surface area contributed by atoms with Gasteiger partial charge in [0.2, 0.25) is 0 Å². The third-order valence-corrected chi connectivity index (χ3v) is 2.94. The Bertz CT molecular complexity index is 344. The van der Waals surface area contributed by atoms with Crippen LogP contribution in [0.5, 0.6) is 0 Å². The third-order valence-electron chi connectivity index (χ3n) is 2.94. The van der Waals surface area contributed by atoms with E-state index in [0.717, 1.165) is 17.8 Å². The molecule has 16 heavy (non-hydrogen) atoms. The Labute approximate surface area is 97.8 Å². The maximum atomic E-state index is 6.18. The first-order valence-electron chi connectivity index (χ1n) is 5.76. The Morgan fingerprint density at radius 2 is 2.19 bits per heavy atom. The first kappa shape index (κ1) is 13.2. The Morgan fingerprint density at radius 1 is 1.56 bits per heavy atom. The second-order valence-corrected chi connectivity index (χ2v) is 4.75. The number of ether oxygens (including phenoxy) is 1. The Kier molecular flexibility index (Phi) is 4.10. The van der Waals surface area contributed by atoms with Crippen LogP contribution >= 0.6 is 0 Å². The number of nitrogens with two attached hydrogens (primary N) is 1. The molecule has 0 spiro atoms. The predicted octanol–water partition coefficient (Wildman–Crippen LogP) is 1.41. The van der Waals surface area contributed by atoms with Gasteiger partial charge in [-0.3, -0.25) is 4.68 Å². The summed E-state index contributed by atoms with van der Waals surface area (Å²) in [6.07, 6.45) is 0.782. The minimum atomic E-state index is -0.299. The number of aromatic nitrogens is 2. The Balaban J connectivity index is 2.70. The molecule has 0 saturated carbocycles. The first-order valence-corrected chi connectivity index (χ1v) is 5.76. The van der Waals surface area contributed by atoms with Crippen molar-refractivity contribution in [1.29, 1.82) is 0 Å². The van der Waals surface area contributed by atoms with Crippen molar-refractivity contribution < 1.29 is 4.74 Å². The van der Waals surface area contributed by atoms with Gasteiger partial charge in [-0.05, 0) is 33.8 Å². The zero-order valence-corrected chi connectivity index (χ0v) is 10.9. The van der Waals surface area contributed by atoms with Gasteiger partial charge in [-0.25, -0.2) is 0 Å². The lowest BCUT2D eigenvalue weighted by atomic mass is 9.95. The van der Waals surface area contributed by atoms with Gasteiger partial charge in [0.1, 0.15) is 0 Å². The van der Waals surface area contributed by atoms with E-state index < -0.39 is 0 Å². The molecule has 92 valence electrons. The van der Waals surface area contributed by atoms with Crippen molar-refractivity contribution in [3.8, 4) is 0 Å². The Hall–Kier alpha value is -0.870. The monoisotopic (exact) mass is 225 g/mol. The molecule has 1 atom stereocenters. The van der Waals surface area contributed by atoms with Gasteiger partial charge < -0.3 is 10.5 Å². The Morgan fingerprint density at radius 3 is 2.62 bits per heavy atom. The summed E-state index contributed by atoms with van der Waals surface area (Å²) >= 11 is 0. The molecule has 0 amide bonds. The van der Waals surface area contributed by atoms with Crippen LogP contribution in [0.4, 0.5) is 0 Å². The SMILES string of the molecule is CCOC(C)(C)C(N)Cc1cc(C)nn1C. The summed E-state index contributed by atoms with van der Waals surface area (Å²) in [6, 6.07) is 2.05. The molecular weight excluding hydrogens is 202 g/mol. The number of hydrogen-bond acceptors (Lipinski definition) is 3. The minimum absolute atomic E-state index is 0.0257. The van der Waals surface area contributed by atoms with Crippen molar-refractivity contribution in [1.82, 2.24) is 9.78 Å². The van der Waals surface area contributed by atoms with Gasteiger partial charge in [0.25, 0.3) is 0 Å². The number of nitrogens with zero attached hydrogens (tertiary/aromatic N) is 2. The van der Waals surface area contributed by atoms with Gasteiger partial charge in [-0.15, -0.1) is 0 Å². The fourth-order valence-electron chi connectivity index (χ4n) is 1.81. The molecule has 0 aromatic carbocycles. The van der Waals surface area contributed by atoms with Crippen LogP contribution in [0.25, 0.3) is 0 Å². The lowest BCUT2D eigenvalue weighted by Crippen LogP contribution is -2.47. The van der Waals surface area contributed by atoms with Crippen LogP contribution in [0.2, 0.25) is 0 Å². The van der Waals surface area contributed by atoms with E-state index in [9.17, 15) is 0 Å². The van der Waals surface area contributed by atoms with E-state index in [1.165, 1.54) is 0 Å². The van der Waals surface area contributed by atoms with Gasteiger partial charge >= 0.3 is 0 Å². The number of hydrogen-bond donors (Lipinski definition) is 1. The van der Waals surface area contributed by atoms with Crippen LogP contribution in [0.15, 0.2) is 6.07 Å². The molecule has 4 nitrogen and oxygen atoms in total. The molecule has 1 unspecified atom stereocenters. The summed E-state index contributed by atoms with van der Waals surface area (Å²) in [4.78, 5) is 0. The van der Waals surface area contributed by atoms with Crippen molar-refractivity contribution in [3.05, 3.63) is 17.5 Å². The summed E-state index contributed by atoms with van der Waals surface area (Å²) in [5.41, 5.74) is 8.06. The van der Waals surface area contributed by atoms with Crippen molar-refractivity contribution in [2.45, 2.75) is 45.8 Å². The van der Waals surface area contributed by atoms with Crippen molar-refractivity contribution in [2.24, 2.45) is 12.8 Å². The maximum Gasteiger partial charge on any atom is 0.0780 e. The van der Waals surface area contributed by atoms with Gasteiger partial charge in [0.15, 0.2) is 0 Å². The van der Waals surface area contributed by atoms with Crippen LogP contribution in [0.1, 0.15) is 32.2 Å². The van der Waals surface area contributed by atoms with Crippen molar-refractivity contribution in [2.75, 3.05) is 6.61 Å². The molecular formula is C12H23N3O.